The van der Waals surface area contributed by atoms with Gasteiger partial charge in [0.15, 0.2) is 5.78 Å². The molecule has 0 aromatic heterocycles. The highest BCUT2D eigenvalue weighted by Gasteiger charge is 2.16. The zero-order chi connectivity index (χ0) is 19.2. The topological polar surface area (TPSA) is 83.5 Å². The third-order valence-electron chi connectivity index (χ3n) is 3.87. The summed E-state index contributed by atoms with van der Waals surface area (Å²) in [4.78, 5) is 25.1. The van der Waals surface area contributed by atoms with Gasteiger partial charge in [-0.15, -0.1) is 0 Å². The summed E-state index contributed by atoms with van der Waals surface area (Å²) in [6, 6.07) is 15.4. The molecule has 0 saturated heterocycles. The third kappa shape index (κ3) is 5.50. The molecule has 1 N–H and O–H groups in total. The van der Waals surface area contributed by atoms with E-state index in [4.69, 9.17) is 0 Å². The van der Waals surface area contributed by atoms with Crippen molar-refractivity contribution in [1.82, 2.24) is 9.62 Å². The standard InChI is InChI=1S/C19H22N2O4S/c1-15(22)17-9-6-10-18(13-17)26(24,25)20-12-11-19(23)21(2)14-16-7-4-3-5-8-16/h3-10,13,20H,11-12,14H2,1-2H3. The number of amides is 1. The molecular weight excluding hydrogens is 352 g/mol. The number of hydrogen-bond acceptors (Lipinski definition) is 4. The molecule has 0 atom stereocenters. The van der Waals surface area contributed by atoms with Crippen LogP contribution in [0.5, 0.6) is 0 Å². The summed E-state index contributed by atoms with van der Waals surface area (Å²) in [6.07, 6.45) is 0.0506. The molecule has 2 aromatic rings. The highest BCUT2D eigenvalue weighted by molar-refractivity contribution is 7.89. The van der Waals surface area contributed by atoms with Crippen molar-refractivity contribution in [3.05, 3.63) is 65.7 Å². The van der Waals surface area contributed by atoms with Gasteiger partial charge in [0.1, 0.15) is 0 Å². The van der Waals surface area contributed by atoms with E-state index in [0.717, 1.165) is 5.56 Å². The zero-order valence-electron chi connectivity index (χ0n) is 14.8. The minimum absolute atomic E-state index is 0.00933. The molecule has 0 aliphatic rings. The maximum absolute atomic E-state index is 12.3. The van der Waals surface area contributed by atoms with Crippen molar-refractivity contribution in [3.8, 4) is 0 Å². The van der Waals surface area contributed by atoms with Gasteiger partial charge in [-0.05, 0) is 24.6 Å². The molecule has 138 valence electrons. The minimum Gasteiger partial charge on any atom is -0.341 e. The Balaban J connectivity index is 1.90. The monoisotopic (exact) mass is 374 g/mol. The molecule has 0 saturated carbocycles. The number of sulfonamides is 1. The average Bonchev–Trinajstić information content (AvgIpc) is 2.62. The first-order valence-corrected chi connectivity index (χ1v) is 9.66. The molecule has 7 heteroatoms. The number of carbonyl (C=O) groups is 2. The lowest BCUT2D eigenvalue weighted by molar-refractivity contribution is -0.130. The lowest BCUT2D eigenvalue weighted by Crippen LogP contribution is -2.32. The van der Waals surface area contributed by atoms with Gasteiger partial charge in [-0.25, -0.2) is 13.1 Å². The molecule has 0 heterocycles. The van der Waals surface area contributed by atoms with Gasteiger partial charge in [-0.1, -0.05) is 42.5 Å². The van der Waals surface area contributed by atoms with Gasteiger partial charge in [0.05, 0.1) is 4.90 Å². The van der Waals surface area contributed by atoms with Gasteiger partial charge in [0, 0.05) is 32.1 Å². The lowest BCUT2D eigenvalue weighted by Gasteiger charge is -2.17. The molecule has 0 radical (unpaired) electrons. The Morgan fingerprint density at radius 1 is 1.04 bits per heavy atom. The molecule has 0 aliphatic heterocycles. The van der Waals surface area contributed by atoms with Crippen molar-refractivity contribution in [2.45, 2.75) is 24.8 Å². The van der Waals surface area contributed by atoms with Crippen LogP contribution in [0.1, 0.15) is 29.3 Å². The van der Waals surface area contributed by atoms with Crippen LogP contribution in [0.25, 0.3) is 0 Å². The van der Waals surface area contributed by atoms with E-state index in [0.29, 0.717) is 12.1 Å². The predicted molar refractivity (Wildman–Crippen MR) is 99.2 cm³/mol. The molecule has 1 amide bonds. The van der Waals surface area contributed by atoms with Crippen LogP contribution in [0.4, 0.5) is 0 Å². The fraction of sp³-hybridized carbons (Fsp3) is 0.263. The number of nitrogens with one attached hydrogen (secondary N) is 1. The molecular formula is C19H22N2O4S. The quantitative estimate of drug-likeness (QED) is 0.718. The fourth-order valence-electron chi connectivity index (χ4n) is 2.39. The van der Waals surface area contributed by atoms with E-state index >= 15 is 0 Å². The zero-order valence-corrected chi connectivity index (χ0v) is 15.6. The Hall–Kier alpha value is -2.51. The van der Waals surface area contributed by atoms with Gasteiger partial charge >= 0.3 is 0 Å². The maximum atomic E-state index is 12.3. The average molecular weight is 374 g/mol. The number of hydrogen-bond donors (Lipinski definition) is 1. The van der Waals surface area contributed by atoms with E-state index < -0.39 is 10.0 Å². The predicted octanol–water partition coefficient (Wildman–Crippen LogP) is 2.22. The molecule has 6 nitrogen and oxygen atoms in total. The highest BCUT2D eigenvalue weighted by atomic mass is 32.2. The van der Waals surface area contributed by atoms with Crippen LogP contribution in [0, 0.1) is 0 Å². The first-order chi connectivity index (χ1) is 12.3. The Labute approximate surface area is 153 Å². The molecule has 0 aliphatic carbocycles. The molecule has 2 aromatic carbocycles. The van der Waals surface area contributed by atoms with E-state index in [-0.39, 0.29) is 29.6 Å². The van der Waals surface area contributed by atoms with E-state index in [1.54, 1.807) is 18.0 Å². The Bertz CT molecular complexity index is 879. The second-order valence-corrected chi connectivity index (χ2v) is 7.73. The van der Waals surface area contributed by atoms with Crippen LogP contribution in [0.2, 0.25) is 0 Å². The summed E-state index contributed by atoms with van der Waals surface area (Å²) in [7, 11) is -2.09. The second kappa shape index (κ2) is 8.73. The van der Waals surface area contributed by atoms with Crippen molar-refractivity contribution < 1.29 is 18.0 Å². The fourth-order valence-corrected chi connectivity index (χ4v) is 3.47. The van der Waals surface area contributed by atoms with Crippen molar-refractivity contribution in [1.29, 1.82) is 0 Å². The van der Waals surface area contributed by atoms with Crippen molar-refractivity contribution >= 4 is 21.7 Å². The largest absolute Gasteiger partial charge is 0.341 e. The number of ketones is 1. The lowest BCUT2D eigenvalue weighted by atomic mass is 10.2. The van der Waals surface area contributed by atoms with Crippen LogP contribution in [-0.4, -0.2) is 38.6 Å². The third-order valence-corrected chi connectivity index (χ3v) is 5.33. The van der Waals surface area contributed by atoms with Gasteiger partial charge in [-0.2, -0.15) is 0 Å². The first-order valence-electron chi connectivity index (χ1n) is 8.18. The van der Waals surface area contributed by atoms with Crippen molar-refractivity contribution in [2.24, 2.45) is 0 Å². The van der Waals surface area contributed by atoms with Crippen LogP contribution < -0.4 is 4.72 Å². The number of rotatable bonds is 8. The first kappa shape index (κ1) is 19.8. The molecule has 0 fully saturated rings. The van der Waals surface area contributed by atoms with Gasteiger partial charge < -0.3 is 4.90 Å². The van der Waals surface area contributed by atoms with Crippen LogP contribution in [-0.2, 0) is 21.4 Å². The second-order valence-electron chi connectivity index (χ2n) is 5.97. The molecule has 26 heavy (non-hydrogen) atoms. The number of nitrogens with zero attached hydrogens (tertiary/aromatic N) is 1. The van der Waals surface area contributed by atoms with E-state index in [2.05, 4.69) is 4.72 Å². The van der Waals surface area contributed by atoms with E-state index in [9.17, 15) is 18.0 Å². The molecule has 0 bridgehead atoms. The summed E-state index contributed by atoms with van der Waals surface area (Å²) in [6.45, 7) is 1.83. The summed E-state index contributed by atoms with van der Waals surface area (Å²) >= 11 is 0. The summed E-state index contributed by atoms with van der Waals surface area (Å²) in [5, 5.41) is 0. The van der Waals surface area contributed by atoms with E-state index in [1.807, 2.05) is 30.3 Å². The van der Waals surface area contributed by atoms with Crippen LogP contribution >= 0.6 is 0 Å². The molecule has 0 unspecified atom stereocenters. The van der Waals surface area contributed by atoms with E-state index in [1.165, 1.54) is 25.1 Å². The number of Topliss-reactive ketones (excluding diaryl/α,β-unsaturated/α-hetero) is 1. The van der Waals surface area contributed by atoms with Crippen molar-refractivity contribution in [3.63, 3.8) is 0 Å². The van der Waals surface area contributed by atoms with Gasteiger partial charge in [-0.3, -0.25) is 9.59 Å². The normalized spacial score (nSPS) is 11.2. The SMILES string of the molecule is CC(=O)c1cccc(S(=O)(=O)NCCC(=O)N(C)Cc2ccccc2)c1. The smallest absolute Gasteiger partial charge is 0.240 e. The Kier molecular flexibility index (Phi) is 6.65. The van der Waals surface area contributed by atoms with Gasteiger partial charge in [0.25, 0.3) is 0 Å². The van der Waals surface area contributed by atoms with Crippen LogP contribution in [0.15, 0.2) is 59.5 Å². The van der Waals surface area contributed by atoms with Gasteiger partial charge in [0.2, 0.25) is 15.9 Å². The number of benzene rings is 2. The molecule has 2 rings (SSSR count). The summed E-state index contributed by atoms with van der Waals surface area (Å²) in [5.74, 6) is -0.367. The maximum Gasteiger partial charge on any atom is 0.240 e. The number of carbonyl (C=O) groups excluding carboxylic acids is 2. The van der Waals surface area contributed by atoms with Crippen LogP contribution in [0.3, 0.4) is 0 Å². The summed E-state index contributed by atoms with van der Waals surface area (Å²) in [5.41, 5.74) is 1.33. The molecule has 0 spiro atoms. The Morgan fingerprint density at radius 3 is 2.38 bits per heavy atom. The Morgan fingerprint density at radius 2 is 1.73 bits per heavy atom. The highest BCUT2D eigenvalue weighted by Crippen LogP contribution is 2.12. The summed E-state index contributed by atoms with van der Waals surface area (Å²) < 4.78 is 27.0. The van der Waals surface area contributed by atoms with Crippen molar-refractivity contribution in [2.75, 3.05) is 13.6 Å². The minimum atomic E-state index is -3.77.